The number of hydrogen-bond donors (Lipinski definition) is 1. The zero-order chi connectivity index (χ0) is 6.15. The van der Waals surface area contributed by atoms with Crippen LogP contribution in [0.3, 0.4) is 0 Å². The number of likely N-dealkylation sites (N-methyl/N-ethyl adjacent to an activating group) is 1. The molecule has 0 aromatic rings. The molecule has 1 rings (SSSR count). The molecule has 1 saturated heterocycles. The van der Waals surface area contributed by atoms with Crippen LogP contribution < -0.4 is 5.73 Å². The number of carbonyl (C=O) groups excluding carboxylic acids is 1. The van der Waals surface area contributed by atoms with E-state index in [1.54, 1.807) is 11.9 Å². The van der Waals surface area contributed by atoms with Crippen LogP contribution >= 0.6 is 12.4 Å². The van der Waals surface area contributed by atoms with Crippen molar-refractivity contribution in [1.82, 2.24) is 4.90 Å². The Morgan fingerprint density at radius 1 is 1.78 bits per heavy atom. The predicted octanol–water partition coefficient (Wildman–Crippen LogP) is -0.402. The van der Waals surface area contributed by atoms with Gasteiger partial charge in [0.25, 0.3) is 0 Å². The molecule has 1 aliphatic heterocycles. The van der Waals surface area contributed by atoms with Gasteiger partial charge in [-0.15, -0.1) is 12.4 Å². The SMILES string of the molecule is CN1CC(N)CC1=O.Cl. The number of likely N-dealkylation sites (tertiary alicyclic amines) is 1. The average Bonchev–Trinajstić information content (AvgIpc) is 1.85. The number of halogens is 1. The van der Waals surface area contributed by atoms with E-state index in [2.05, 4.69) is 0 Å². The molecule has 1 amide bonds. The Kier molecular flexibility index (Phi) is 2.94. The first-order valence-corrected chi connectivity index (χ1v) is 2.69. The van der Waals surface area contributed by atoms with Crippen molar-refractivity contribution in [2.24, 2.45) is 5.73 Å². The number of amides is 1. The first kappa shape index (κ1) is 8.72. The molecule has 1 fully saturated rings. The van der Waals surface area contributed by atoms with Crippen LogP contribution in [-0.4, -0.2) is 30.4 Å². The van der Waals surface area contributed by atoms with Crippen LogP contribution in [0.4, 0.5) is 0 Å². The Bertz CT molecular complexity index is 118. The molecule has 2 N–H and O–H groups in total. The summed E-state index contributed by atoms with van der Waals surface area (Å²) in [6.45, 7) is 0.721. The Morgan fingerprint density at radius 2 is 2.33 bits per heavy atom. The van der Waals surface area contributed by atoms with E-state index >= 15 is 0 Å². The van der Waals surface area contributed by atoms with E-state index in [9.17, 15) is 4.79 Å². The molecule has 0 spiro atoms. The molecule has 0 bridgehead atoms. The van der Waals surface area contributed by atoms with Crippen LogP contribution in [-0.2, 0) is 4.79 Å². The molecular formula is C5H11ClN2O. The van der Waals surface area contributed by atoms with Gasteiger partial charge >= 0.3 is 0 Å². The quantitative estimate of drug-likeness (QED) is 0.511. The van der Waals surface area contributed by atoms with Crippen LogP contribution in [0.25, 0.3) is 0 Å². The molecule has 1 atom stereocenters. The van der Waals surface area contributed by atoms with Crippen molar-refractivity contribution in [1.29, 1.82) is 0 Å². The third kappa shape index (κ3) is 1.84. The molecule has 0 radical (unpaired) electrons. The molecule has 3 nitrogen and oxygen atoms in total. The minimum absolute atomic E-state index is 0. The number of carbonyl (C=O) groups is 1. The summed E-state index contributed by atoms with van der Waals surface area (Å²) in [7, 11) is 1.77. The van der Waals surface area contributed by atoms with Gasteiger partial charge < -0.3 is 10.6 Å². The van der Waals surface area contributed by atoms with Crippen molar-refractivity contribution in [3.05, 3.63) is 0 Å². The maximum atomic E-state index is 10.6. The summed E-state index contributed by atoms with van der Waals surface area (Å²) in [5.74, 6) is 0.164. The van der Waals surface area contributed by atoms with Crippen molar-refractivity contribution in [3.8, 4) is 0 Å². The number of nitrogens with zero attached hydrogens (tertiary/aromatic N) is 1. The lowest BCUT2D eigenvalue weighted by Crippen LogP contribution is -2.24. The summed E-state index contributed by atoms with van der Waals surface area (Å²) in [5.41, 5.74) is 5.45. The molecule has 1 unspecified atom stereocenters. The molecule has 0 aromatic heterocycles. The highest BCUT2D eigenvalue weighted by atomic mass is 35.5. The highest BCUT2D eigenvalue weighted by Gasteiger charge is 2.22. The molecule has 1 aliphatic rings. The minimum Gasteiger partial charge on any atom is -0.344 e. The largest absolute Gasteiger partial charge is 0.344 e. The normalized spacial score (nSPS) is 26.2. The first-order chi connectivity index (χ1) is 3.70. The lowest BCUT2D eigenvalue weighted by atomic mass is 10.3. The third-order valence-electron chi connectivity index (χ3n) is 1.37. The van der Waals surface area contributed by atoms with Gasteiger partial charge in [-0.2, -0.15) is 0 Å². The van der Waals surface area contributed by atoms with Gasteiger partial charge in [0, 0.05) is 26.1 Å². The van der Waals surface area contributed by atoms with E-state index in [-0.39, 0.29) is 24.4 Å². The lowest BCUT2D eigenvalue weighted by molar-refractivity contribution is -0.126. The van der Waals surface area contributed by atoms with Gasteiger partial charge in [0.05, 0.1) is 0 Å². The van der Waals surface area contributed by atoms with Gasteiger partial charge in [-0.25, -0.2) is 0 Å². The number of rotatable bonds is 0. The first-order valence-electron chi connectivity index (χ1n) is 2.69. The van der Waals surface area contributed by atoms with Gasteiger partial charge in [0.1, 0.15) is 0 Å². The third-order valence-corrected chi connectivity index (χ3v) is 1.37. The van der Waals surface area contributed by atoms with E-state index in [1.165, 1.54) is 0 Å². The molecule has 0 aliphatic carbocycles. The van der Waals surface area contributed by atoms with E-state index < -0.39 is 0 Å². The van der Waals surface area contributed by atoms with E-state index in [0.717, 1.165) is 6.54 Å². The highest BCUT2D eigenvalue weighted by molar-refractivity contribution is 5.85. The summed E-state index contributed by atoms with van der Waals surface area (Å²) in [5, 5.41) is 0. The zero-order valence-corrected chi connectivity index (χ0v) is 6.15. The average molecular weight is 151 g/mol. The molecule has 54 valence electrons. The van der Waals surface area contributed by atoms with Crippen LogP contribution in [0.1, 0.15) is 6.42 Å². The van der Waals surface area contributed by atoms with Crippen LogP contribution in [0.2, 0.25) is 0 Å². The molecule has 0 saturated carbocycles. The van der Waals surface area contributed by atoms with Crippen LogP contribution in [0.15, 0.2) is 0 Å². The predicted molar refractivity (Wildman–Crippen MR) is 37.5 cm³/mol. The van der Waals surface area contributed by atoms with Gasteiger partial charge in [0.15, 0.2) is 0 Å². The summed E-state index contributed by atoms with van der Waals surface area (Å²) >= 11 is 0. The maximum absolute atomic E-state index is 10.6. The second kappa shape index (κ2) is 3.03. The Morgan fingerprint density at radius 3 is 2.44 bits per heavy atom. The maximum Gasteiger partial charge on any atom is 0.223 e. The van der Waals surface area contributed by atoms with Crippen molar-refractivity contribution in [3.63, 3.8) is 0 Å². The number of hydrogen-bond acceptors (Lipinski definition) is 2. The summed E-state index contributed by atoms with van der Waals surface area (Å²) in [4.78, 5) is 12.3. The fourth-order valence-electron chi connectivity index (χ4n) is 0.898. The summed E-state index contributed by atoms with van der Waals surface area (Å²) in [6.07, 6.45) is 0.524. The standard InChI is InChI=1S/C5H10N2O.ClH/c1-7-3-4(6)2-5(7)8;/h4H,2-3,6H2,1H3;1H. The molecule has 0 aromatic carbocycles. The molecule has 1 heterocycles. The zero-order valence-electron chi connectivity index (χ0n) is 5.33. The van der Waals surface area contributed by atoms with Crippen molar-refractivity contribution in [2.75, 3.05) is 13.6 Å². The Labute approximate surface area is 60.6 Å². The van der Waals surface area contributed by atoms with Gasteiger partial charge in [-0.3, -0.25) is 4.79 Å². The van der Waals surface area contributed by atoms with Crippen molar-refractivity contribution < 1.29 is 4.79 Å². The van der Waals surface area contributed by atoms with E-state index in [0.29, 0.717) is 6.42 Å². The second-order valence-corrected chi connectivity index (χ2v) is 2.24. The number of nitrogens with two attached hydrogens (primary N) is 1. The molecule has 9 heavy (non-hydrogen) atoms. The molecule has 4 heteroatoms. The van der Waals surface area contributed by atoms with Crippen LogP contribution in [0, 0.1) is 0 Å². The van der Waals surface area contributed by atoms with E-state index in [1.807, 2.05) is 0 Å². The van der Waals surface area contributed by atoms with Crippen LogP contribution in [0.5, 0.6) is 0 Å². The smallest absolute Gasteiger partial charge is 0.223 e. The fraction of sp³-hybridized carbons (Fsp3) is 0.800. The van der Waals surface area contributed by atoms with E-state index in [4.69, 9.17) is 5.73 Å². The Balaban J connectivity index is 0.000000640. The molecular weight excluding hydrogens is 140 g/mol. The fourth-order valence-corrected chi connectivity index (χ4v) is 0.898. The minimum atomic E-state index is 0. The summed E-state index contributed by atoms with van der Waals surface area (Å²) in [6, 6.07) is 0.0764. The topological polar surface area (TPSA) is 46.3 Å². The van der Waals surface area contributed by atoms with Gasteiger partial charge in [-0.1, -0.05) is 0 Å². The lowest BCUT2D eigenvalue weighted by Gasteiger charge is -2.04. The van der Waals surface area contributed by atoms with Crippen molar-refractivity contribution >= 4 is 18.3 Å². The second-order valence-electron chi connectivity index (χ2n) is 2.24. The Hall–Kier alpha value is -0.280. The van der Waals surface area contributed by atoms with Gasteiger partial charge in [-0.05, 0) is 0 Å². The monoisotopic (exact) mass is 150 g/mol. The highest BCUT2D eigenvalue weighted by Crippen LogP contribution is 2.04. The summed E-state index contributed by atoms with van der Waals surface area (Å²) < 4.78 is 0. The van der Waals surface area contributed by atoms with Crippen molar-refractivity contribution in [2.45, 2.75) is 12.5 Å². The van der Waals surface area contributed by atoms with Gasteiger partial charge in [0.2, 0.25) is 5.91 Å².